The Morgan fingerprint density at radius 2 is 1.48 bits per heavy atom. The lowest BCUT2D eigenvalue weighted by atomic mass is 10.0. The third kappa shape index (κ3) is 4.60. The topological polar surface area (TPSA) is 87.0 Å². The summed E-state index contributed by atoms with van der Waals surface area (Å²) in [6.07, 6.45) is 2.69. The summed E-state index contributed by atoms with van der Waals surface area (Å²) in [5.74, 6) is -0.580. The fourth-order valence-electron chi connectivity index (χ4n) is 4.42. The summed E-state index contributed by atoms with van der Waals surface area (Å²) in [6, 6.07) is 16.0. The third-order valence-corrected chi connectivity index (χ3v) is 6.21. The standard InChI is InChI=1S/C25H28N4O4/c1-2-3-7-14-28-24(30)22(19-10-12-21(13-11-19)29(32)33)23(25(28)31)27-17-15-26(16-18-27)20-8-5-4-6-9-20/h4-6,8-13H,2-3,7,14-18H2,1H3. The molecular weight excluding hydrogens is 420 g/mol. The van der Waals surface area contributed by atoms with Gasteiger partial charge in [-0.05, 0) is 36.2 Å². The van der Waals surface area contributed by atoms with Crippen LogP contribution in [0.4, 0.5) is 11.4 Å². The number of rotatable bonds is 8. The van der Waals surface area contributed by atoms with Crippen LogP contribution < -0.4 is 4.90 Å². The molecule has 8 nitrogen and oxygen atoms in total. The molecular formula is C25H28N4O4. The zero-order valence-corrected chi connectivity index (χ0v) is 18.8. The zero-order valence-electron chi connectivity index (χ0n) is 18.8. The van der Waals surface area contributed by atoms with E-state index >= 15 is 0 Å². The number of carbonyl (C=O) groups is 2. The Labute approximate surface area is 193 Å². The van der Waals surface area contributed by atoms with Gasteiger partial charge in [0.1, 0.15) is 5.70 Å². The van der Waals surface area contributed by atoms with E-state index in [0.717, 1.165) is 38.0 Å². The molecule has 0 aliphatic carbocycles. The monoisotopic (exact) mass is 448 g/mol. The van der Waals surface area contributed by atoms with Crippen molar-refractivity contribution in [2.45, 2.75) is 26.2 Å². The lowest BCUT2D eigenvalue weighted by Gasteiger charge is -2.37. The highest BCUT2D eigenvalue weighted by molar-refractivity contribution is 6.35. The van der Waals surface area contributed by atoms with Crippen LogP contribution in [0.3, 0.4) is 0 Å². The number of hydrogen-bond donors (Lipinski definition) is 0. The molecule has 0 N–H and O–H groups in total. The molecule has 1 saturated heterocycles. The van der Waals surface area contributed by atoms with Gasteiger partial charge < -0.3 is 9.80 Å². The predicted molar refractivity (Wildman–Crippen MR) is 126 cm³/mol. The van der Waals surface area contributed by atoms with Gasteiger partial charge in [0.05, 0.1) is 10.5 Å². The molecule has 33 heavy (non-hydrogen) atoms. The third-order valence-electron chi connectivity index (χ3n) is 6.21. The van der Waals surface area contributed by atoms with E-state index < -0.39 is 4.92 Å². The highest BCUT2D eigenvalue weighted by atomic mass is 16.6. The molecule has 2 heterocycles. The molecule has 2 aliphatic rings. The molecule has 0 atom stereocenters. The van der Waals surface area contributed by atoms with E-state index in [-0.39, 0.29) is 17.5 Å². The highest BCUT2D eigenvalue weighted by Crippen LogP contribution is 2.33. The molecule has 8 heteroatoms. The summed E-state index contributed by atoms with van der Waals surface area (Å²) in [6.45, 7) is 5.16. The fraction of sp³-hybridized carbons (Fsp3) is 0.360. The van der Waals surface area contributed by atoms with Gasteiger partial charge in [0, 0.05) is 50.5 Å². The van der Waals surface area contributed by atoms with Gasteiger partial charge in [0.15, 0.2) is 0 Å². The lowest BCUT2D eigenvalue weighted by Crippen LogP contribution is -2.47. The maximum atomic E-state index is 13.4. The molecule has 172 valence electrons. The Morgan fingerprint density at radius 3 is 2.09 bits per heavy atom. The second-order valence-electron chi connectivity index (χ2n) is 8.31. The van der Waals surface area contributed by atoms with Gasteiger partial charge in [-0.15, -0.1) is 0 Å². The number of para-hydroxylation sites is 1. The van der Waals surface area contributed by atoms with Crippen LogP contribution in [0.1, 0.15) is 31.7 Å². The SMILES string of the molecule is CCCCCN1C(=O)C(c2ccc([N+](=O)[O-])cc2)=C(N2CCN(c3ccccc3)CC2)C1=O. The van der Waals surface area contributed by atoms with Gasteiger partial charge >= 0.3 is 0 Å². The first kappa shape index (κ1) is 22.5. The number of amides is 2. The lowest BCUT2D eigenvalue weighted by molar-refractivity contribution is -0.384. The van der Waals surface area contributed by atoms with Gasteiger partial charge in [0.2, 0.25) is 0 Å². The molecule has 0 aromatic heterocycles. The predicted octanol–water partition coefficient (Wildman–Crippen LogP) is 3.69. The average molecular weight is 449 g/mol. The Bertz CT molecular complexity index is 1060. The first-order valence-electron chi connectivity index (χ1n) is 11.4. The van der Waals surface area contributed by atoms with E-state index in [1.54, 1.807) is 12.1 Å². The van der Waals surface area contributed by atoms with Crippen molar-refractivity contribution < 1.29 is 14.5 Å². The maximum Gasteiger partial charge on any atom is 0.277 e. The van der Waals surface area contributed by atoms with E-state index in [9.17, 15) is 19.7 Å². The number of anilines is 1. The van der Waals surface area contributed by atoms with E-state index in [0.29, 0.717) is 36.5 Å². The quantitative estimate of drug-likeness (QED) is 0.265. The normalized spacial score (nSPS) is 16.7. The summed E-state index contributed by atoms with van der Waals surface area (Å²) < 4.78 is 0. The van der Waals surface area contributed by atoms with Crippen LogP contribution in [0.25, 0.3) is 5.57 Å². The molecule has 0 unspecified atom stereocenters. The molecule has 0 radical (unpaired) electrons. The van der Waals surface area contributed by atoms with Gasteiger partial charge in [-0.25, -0.2) is 0 Å². The zero-order chi connectivity index (χ0) is 23.4. The highest BCUT2D eigenvalue weighted by Gasteiger charge is 2.41. The summed E-state index contributed by atoms with van der Waals surface area (Å²) in [5.41, 5.74) is 2.39. The number of imide groups is 1. The van der Waals surface area contributed by atoms with Gasteiger partial charge in [0.25, 0.3) is 17.5 Å². The van der Waals surface area contributed by atoms with E-state index in [4.69, 9.17) is 0 Å². The Balaban J connectivity index is 1.62. The Morgan fingerprint density at radius 1 is 0.848 bits per heavy atom. The molecule has 2 aromatic rings. The minimum absolute atomic E-state index is 0.0473. The van der Waals surface area contributed by atoms with Crippen LogP contribution in [-0.2, 0) is 9.59 Å². The average Bonchev–Trinajstić information content (AvgIpc) is 3.09. The van der Waals surface area contributed by atoms with Gasteiger partial charge in [-0.1, -0.05) is 38.0 Å². The van der Waals surface area contributed by atoms with Crippen molar-refractivity contribution in [2.24, 2.45) is 0 Å². The minimum atomic E-state index is -0.472. The number of unbranched alkanes of at least 4 members (excludes halogenated alkanes) is 2. The smallest absolute Gasteiger partial charge is 0.277 e. The van der Waals surface area contributed by atoms with Crippen LogP contribution in [0.15, 0.2) is 60.3 Å². The van der Waals surface area contributed by atoms with Gasteiger partial charge in [-0.3, -0.25) is 24.6 Å². The first-order chi connectivity index (χ1) is 16.0. The molecule has 2 amide bonds. The number of hydrogen-bond acceptors (Lipinski definition) is 6. The summed E-state index contributed by atoms with van der Waals surface area (Å²) in [4.78, 5) is 42.9. The largest absolute Gasteiger partial charge is 0.368 e. The number of nitro groups is 1. The van der Waals surface area contributed by atoms with E-state index in [1.165, 1.54) is 17.0 Å². The second-order valence-corrected chi connectivity index (χ2v) is 8.31. The summed E-state index contributed by atoms with van der Waals surface area (Å²) in [5, 5.41) is 11.1. The molecule has 2 aliphatic heterocycles. The van der Waals surface area contributed by atoms with Crippen molar-refractivity contribution in [3.63, 3.8) is 0 Å². The van der Waals surface area contributed by atoms with Crippen molar-refractivity contribution in [3.05, 3.63) is 76.0 Å². The molecule has 2 aromatic carbocycles. The van der Waals surface area contributed by atoms with Crippen LogP contribution in [-0.4, -0.2) is 59.3 Å². The van der Waals surface area contributed by atoms with Crippen molar-refractivity contribution in [1.29, 1.82) is 0 Å². The van der Waals surface area contributed by atoms with Crippen molar-refractivity contribution in [2.75, 3.05) is 37.6 Å². The number of piperazine rings is 1. The van der Waals surface area contributed by atoms with Crippen molar-refractivity contribution in [3.8, 4) is 0 Å². The number of non-ortho nitro benzene ring substituents is 1. The second kappa shape index (κ2) is 9.85. The molecule has 0 saturated carbocycles. The fourth-order valence-corrected chi connectivity index (χ4v) is 4.42. The maximum absolute atomic E-state index is 13.4. The number of carbonyl (C=O) groups excluding carboxylic acids is 2. The summed E-state index contributed by atoms with van der Waals surface area (Å²) in [7, 11) is 0. The van der Waals surface area contributed by atoms with E-state index in [1.807, 2.05) is 23.1 Å². The number of nitro benzene ring substituents is 1. The molecule has 0 bridgehead atoms. The van der Waals surface area contributed by atoms with Crippen LogP contribution in [0.5, 0.6) is 0 Å². The Hall–Kier alpha value is -3.68. The van der Waals surface area contributed by atoms with E-state index in [2.05, 4.69) is 24.0 Å². The molecule has 1 fully saturated rings. The molecule has 0 spiro atoms. The van der Waals surface area contributed by atoms with Crippen LogP contribution in [0, 0.1) is 10.1 Å². The van der Waals surface area contributed by atoms with Crippen LogP contribution >= 0.6 is 0 Å². The van der Waals surface area contributed by atoms with Crippen molar-refractivity contribution in [1.82, 2.24) is 9.80 Å². The van der Waals surface area contributed by atoms with Crippen LogP contribution in [0.2, 0.25) is 0 Å². The number of benzene rings is 2. The van der Waals surface area contributed by atoms with Crippen molar-refractivity contribution >= 4 is 28.8 Å². The number of nitrogens with zero attached hydrogens (tertiary/aromatic N) is 4. The summed E-state index contributed by atoms with van der Waals surface area (Å²) >= 11 is 0. The molecule has 4 rings (SSSR count). The Kier molecular flexibility index (Phi) is 6.72. The van der Waals surface area contributed by atoms with Gasteiger partial charge in [-0.2, -0.15) is 0 Å². The first-order valence-corrected chi connectivity index (χ1v) is 11.4. The minimum Gasteiger partial charge on any atom is -0.368 e.